The summed E-state index contributed by atoms with van der Waals surface area (Å²) in [5, 5.41) is 2.81. The van der Waals surface area contributed by atoms with E-state index in [1.54, 1.807) is 19.4 Å². The lowest BCUT2D eigenvalue weighted by Gasteiger charge is -2.18. The molecule has 1 rings (SSSR count). The van der Waals surface area contributed by atoms with Crippen molar-refractivity contribution in [3.63, 3.8) is 0 Å². The summed E-state index contributed by atoms with van der Waals surface area (Å²) in [6, 6.07) is 3.59. The van der Waals surface area contributed by atoms with Crippen LogP contribution in [-0.4, -0.2) is 23.0 Å². The first-order chi connectivity index (χ1) is 8.95. The molecule has 1 amide bonds. The number of thiocarbonyl (C=S) groups is 1. The van der Waals surface area contributed by atoms with Crippen LogP contribution in [0.15, 0.2) is 18.3 Å². The van der Waals surface area contributed by atoms with Crippen LogP contribution in [0, 0.1) is 11.8 Å². The van der Waals surface area contributed by atoms with Crippen molar-refractivity contribution in [3.8, 4) is 5.88 Å². The number of carbonyl (C=O) groups excluding carboxylic acids is 1. The summed E-state index contributed by atoms with van der Waals surface area (Å²) in [5.41, 5.74) is 6.48. The van der Waals surface area contributed by atoms with Gasteiger partial charge in [0.05, 0.1) is 18.0 Å². The van der Waals surface area contributed by atoms with E-state index in [4.69, 9.17) is 22.7 Å². The van der Waals surface area contributed by atoms with Crippen LogP contribution in [0.3, 0.4) is 0 Å². The van der Waals surface area contributed by atoms with Crippen LogP contribution in [0.1, 0.15) is 19.4 Å². The third-order valence-electron chi connectivity index (χ3n) is 2.73. The first-order valence-corrected chi connectivity index (χ1v) is 6.42. The molecule has 0 fully saturated rings. The van der Waals surface area contributed by atoms with Crippen LogP contribution in [0.2, 0.25) is 0 Å². The zero-order valence-corrected chi connectivity index (χ0v) is 12.2. The van der Waals surface area contributed by atoms with E-state index in [0.717, 1.165) is 5.56 Å². The highest BCUT2D eigenvalue weighted by atomic mass is 32.1. The molecule has 0 aromatic carbocycles. The fourth-order valence-corrected chi connectivity index (χ4v) is 2.08. The van der Waals surface area contributed by atoms with Crippen LogP contribution in [0.4, 0.5) is 0 Å². The predicted octanol–water partition coefficient (Wildman–Crippen LogP) is 1.26. The van der Waals surface area contributed by atoms with Crippen molar-refractivity contribution in [3.05, 3.63) is 23.9 Å². The van der Waals surface area contributed by atoms with Crippen LogP contribution in [0.25, 0.3) is 0 Å². The molecule has 5 nitrogen and oxygen atoms in total. The molecular formula is C13H19N3O2S. The second kappa shape index (κ2) is 7.04. The molecule has 1 heterocycles. The lowest BCUT2D eigenvalue weighted by Crippen LogP contribution is -2.40. The molecule has 0 saturated carbocycles. The summed E-state index contributed by atoms with van der Waals surface area (Å²) in [5.74, 6) is 0.0179. The standard InChI is InChI=1S/C13H19N3O2S/c1-8(2)11(12(14)19)13(17)16-7-9-4-5-10(18-3)15-6-9/h4-6,8,11H,7H2,1-3H3,(H2,14,19)(H,16,17). The molecule has 6 heteroatoms. The third kappa shape index (κ3) is 4.48. The quantitative estimate of drug-likeness (QED) is 0.768. The SMILES string of the molecule is COc1ccc(CNC(=O)C(C(N)=S)C(C)C)cn1. The minimum atomic E-state index is -0.443. The largest absolute Gasteiger partial charge is 0.481 e. The van der Waals surface area contributed by atoms with Crippen molar-refractivity contribution in [2.45, 2.75) is 20.4 Å². The van der Waals surface area contributed by atoms with Gasteiger partial charge in [-0.1, -0.05) is 32.1 Å². The molecule has 0 aliphatic carbocycles. The number of hydrogen-bond acceptors (Lipinski definition) is 4. The summed E-state index contributed by atoms with van der Waals surface area (Å²) in [6.07, 6.45) is 1.66. The summed E-state index contributed by atoms with van der Waals surface area (Å²) < 4.78 is 4.96. The molecule has 1 aromatic rings. The molecule has 1 aromatic heterocycles. The number of amides is 1. The van der Waals surface area contributed by atoms with Crippen LogP contribution >= 0.6 is 12.2 Å². The first-order valence-electron chi connectivity index (χ1n) is 6.01. The van der Waals surface area contributed by atoms with E-state index in [1.165, 1.54) is 0 Å². The van der Waals surface area contributed by atoms with Crippen molar-refractivity contribution in [1.29, 1.82) is 0 Å². The Labute approximate surface area is 118 Å². The number of carbonyl (C=O) groups is 1. The number of rotatable bonds is 6. The van der Waals surface area contributed by atoms with E-state index in [9.17, 15) is 4.79 Å². The van der Waals surface area contributed by atoms with E-state index in [2.05, 4.69) is 10.3 Å². The Hall–Kier alpha value is -1.69. The zero-order chi connectivity index (χ0) is 14.4. The highest BCUT2D eigenvalue weighted by Gasteiger charge is 2.24. The minimum Gasteiger partial charge on any atom is -0.481 e. The molecule has 0 aliphatic rings. The smallest absolute Gasteiger partial charge is 0.230 e. The van der Waals surface area contributed by atoms with Crippen LogP contribution < -0.4 is 15.8 Å². The molecule has 19 heavy (non-hydrogen) atoms. The van der Waals surface area contributed by atoms with E-state index in [1.807, 2.05) is 19.9 Å². The number of methoxy groups -OCH3 is 1. The summed E-state index contributed by atoms with van der Waals surface area (Å²) in [6.45, 7) is 4.22. The molecule has 0 aliphatic heterocycles. The highest BCUT2D eigenvalue weighted by Crippen LogP contribution is 2.12. The van der Waals surface area contributed by atoms with E-state index >= 15 is 0 Å². The Kier molecular flexibility index (Phi) is 5.69. The van der Waals surface area contributed by atoms with Crippen molar-refractivity contribution >= 4 is 23.1 Å². The second-order valence-corrected chi connectivity index (χ2v) is 5.02. The average molecular weight is 281 g/mol. The van der Waals surface area contributed by atoms with Gasteiger partial charge in [-0.2, -0.15) is 0 Å². The van der Waals surface area contributed by atoms with Gasteiger partial charge in [0.15, 0.2) is 0 Å². The monoisotopic (exact) mass is 281 g/mol. The fraction of sp³-hybridized carbons (Fsp3) is 0.462. The summed E-state index contributed by atoms with van der Waals surface area (Å²) >= 11 is 4.92. The molecule has 0 spiro atoms. The van der Waals surface area contributed by atoms with Crippen LogP contribution in [0.5, 0.6) is 5.88 Å². The Morgan fingerprint density at radius 1 is 1.53 bits per heavy atom. The Morgan fingerprint density at radius 3 is 2.63 bits per heavy atom. The second-order valence-electron chi connectivity index (χ2n) is 4.55. The number of ether oxygens (including phenoxy) is 1. The maximum atomic E-state index is 12.0. The third-order valence-corrected chi connectivity index (χ3v) is 2.98. The zero-order valence-electron chi connectivity index (χ0n) is 11.3. The van der Waals surface area contributed by atoms with Crippen molar-refractivity contribution in [2.75, 3.05) is 7.11 Å². The maximum absolute atomic E-state index is 12.0. The number of nitrogens with two attached hydrogens (primary N) is 1. The molecule has 0 bridgehead atoms. The topological polar surface area (TPSA) is 77.2 Å². The van der Waals surface area contributed by atoms with Crippen molar-refractivity contribution in [1.82, 2.24) is 10.3 Å². The molecule has 0 saturated heterocycles. The Morgan fingerprint density at radius 2 is 2.21 bits per heavy atom. The van der Waals surface area contributed by atoms with Gasteiger partial charge in [0, 0.05) is 18.8 Å². The molecule has 0 radical (unpaired) electrons. The normalized spacial score (nSPS) is 12.0. The molecule has 1 unspecified atom stereocenters. The van der Waals surface area contributed by atoms with Gasteiger partial charge in [0.1, 0.15) is 0 Å². The summed E-state index contributed by atoms with van der Waals surface area (Å²) in [4.78, 5) is 16.3. The predicted molar refractivity (Wildman–Crippen MR) is 77.7 cm³/mol. The average Bonchev–Trinajstić information content (AvgIpc) is 2.36. The van der Waals surface area contributed by atoms with Gasteiger partial charge in [-0.15, -0.1) is 0 Å². The number of aromatic nitrogens is 1. The van der Waals surface area contributed by atoms with Gasteiger partial charge in [0.2, 0.25) is 11.8 Å². The Balaban J connectivity index is 2.59. The van der Waals surface area contributed by atoms with Gasteiger partial charge >= 0.3 is 0 Å². The van der Waals surface area contributed by atoms with E-state index < -0.39 is 5.92 Å². The van der Waals surface area contributed by atoms with Gasteiger partial charge in [-0.25, -0.2) is 4.98 Å². The minimum absolute atomic E-state index is 0.0755. The number of hydrogen-bond donors (Lipinski definition) is 2. The lowest BCUT2D eigenvalue weighted by atomic mass is 9.95. The van der Waals surface area contributed by atoms with Crippen molar-refractivity contribution < 1.29 is 9.53 Å². The fourth-order valence-electron chi connectivity index (χ4n) is 1.70. The highest BCUT2D eigenvalue weighted by molar-refractivity contribution is 7.80. The van der Waals surface area contributed by atoms with Gasteiger partial charge in [-0.05, 0) is 11.5 Å². The molecule has 3 N–H and O–H groups in total. The van der Waals surface area contributed by atoms with Crippen LogP contribution in [-0.2, 0) is 11.3 Å². The van der Waals surface area contributed by atoms with Gasteiger partial charge in [0.25, 0.3) is 0 Å². The first kappa shape index (κ1) is 15.4. The Bertz CT molecular complexity index is 446. The number of nitrogens with one attached hydrogen (secondary N) is 1. The van der Waals surface area contributed by atoms with Gasteiger partial charge in [-0.3, -0.25) is 4.79 Å². The number of pyridine rings is 1. The summed E-state index contributed by atoms with van der Waals surface area (Å²) in [7, 11) is 1.55. The maximum Gasteiger partial charge on any atom is 0.230 e. The molecule has 1 atom stereocenters. The molecular weight excluding hydrogens is 262 g/mol. The van der Waals surface area contributed by atoms with Crippen molar-refractivity contribution in [2.24, 2.45) is 17.6 Å². The van der Waals surface area contributed by atoms with Gasteiger partial charge < -0.3 is 15.8 Å². The number of nitrogens with zero attached hydrogens (tertiary/aromatic N) is 1. The van der Waals surface area contributed by atoms with E-state index in [-0.39, 0.29) is 16.8 Å². The molecule has 104 valence electrons. The lowest BCUT2D eigenvalue weighted by molar-refractivity contribution is -0.124. The van der Waals surface area contributed by atoms with E-state index in [0.29, 0.717) is 12.4 Å².